The van der Waals surface area contributed by atoms with E-state index in [1.807, 2.05) is 0 Å². The first-order valence-corrected chi connectivity index (χ1v) is 2.52. The molecule has 0 bridgehead atoms. The molecule has 0 aromatic carbocycles. The molecular formula is C4H9BF3KO. The summed E-state index contributed by atoms with van der Waals surface area (Å²) < 4.78 is 27.1. The number of hydrogen-bond donors (Lipinski definition) is 0. The Labute approximate surface area is 102 Å². The molecule has 10 heavy (non-hydrogen) atoms. The van der Waals surface area contributed by atoms with Gasteiger partial charge in [-0.1, -0.05) is 0 Å². The SMILES string of the molecule is CC(C)OCB(F)F.[F-].[K+]. The van der Waals surface area contributed by atoms with Crippen LogP contribution in [-0.2, 0) is 4.74 Å². The van der Waals surface area contributed by atoms with E-state index < -0.39 is 13.8 Å². The summed E-state index contributed by atoms with van der Waals surface area (Å²) in [5.74, 6) is 0. The summed E-state index contributed by atoms with van der Waals surface area (Å²) in [6.07, 6.45) is -0.0935. The van der Waals surface area contributed by atoms with E-state index in [-0.39, 0.29) is 62.2 Å². The van der Waals surface area contributed by atoms with Crippen molar-refractivity contribution in [3.05, 3.63) is 0 Å². The van der Waals surface area contributed by atoms with Gasteiger partial charge in [0.1, 0.15) is 0 Å². The molecule has 0 spiro atoms. The Balaban J connectivity index is -0.000000245. The normalized spacial score (nSPS) is 8.10. The van der Waals surface area contributed by atoms with Crippen molar-refractivity contribution in [1.29, 1.82) is 0 Å². The summed E-state index contributed by atoms with van der Waals surface area (Å²) in [6, 6.07) is 0. The van der Waals surface area contributed by atoms with Crippen LogP contribution >= 0.6 is 0 Å². The number of ether oxygens (including phenoxy) is 1. The molecule has 6 heteroatoms. The van der Waals surface area contributed by atoms with Crippen molar-refractivity contribution in [3.63, 3.8) is 0 Å². The maximum absolute atomic E-state index is 11.3. The molecule has 0 aliphatic rings. The van der Waals surface area contributed by atoms with E-state index in [1.165, 1.54) is 0 Å². The maximum atomic E-state index is 11.3. The van der Waals surface area contributed by atoms with Crippen LogP contribution in [0.5, 0.6) is 0 Å². The van der Waals surface area contributed by atoms with Gasteiger partial charge in [0, 0.05) is 0 Å². The predicted molar refractivity (Wildman–Crippen MR) is 29.1 cm³/mol. The second-order valence-electron chi connectivity index (χ2n) is 1.77. The van der Waals surface area contributed by atoms with Gasteiger partial charge < -0.3 is 9.44 Å². The fourth-order valence-electron chi connectivity index (χ4n) is 0.265. The van der Waals surface area contributed by atoms with Gasteiger partial charge in [-0.05, 0) is 13.8 Å². The minimum absolute atomic E-state index is 0. The Hall–Kier alpha value is 1.45. The average molecular weight is 180 g/mol. The molecule has 0 saturated heterocycles. The summed E-state index contributed by atoms with van der Waals surface area (Å²) in [5, 5.41) is 0. The third-order valence-electron chi connectivity index (χ3n) is 0.556. The van der Waals surface area contributed by atoms with Gasteiger partial charge in [-0.3, -0.25) is 8.63 Å². The molecule has 0 radical (unpaired) electrons. The first-order valence-electron chi connectivity index (χ1n) is 2.52. The van der Waals surface area contributed by atoms with E-state index in [0.717, 1.165) is 0 Å². The molecule has 0 aliphatic heterocycles. The molecule has 0 aromatic rings. The Kier molecular flexibility index (Phi) is 18.3. The average Bonchev–Trinajstić information content (AvgIpc) is 1.61. The Bertz CT molecular complexity index is 56.5. The second-order valence-corrected chi connectivity index (χ2v) is 1.77. The van der Waals surface area contributed by atoms with E-state index in [4.69, 9.17) is 0 Å². The zero-order chi connectivity index (χ0) is 6.57. The van der Waals surface area contributed by atoms with Crippen LogP contribution in [0.4, 0.5) is 8.63 Å². The van der Waals surface area contributed by atoms with E-state index in [1.54, 1.807) is 13.8 Å². The van der Waals surface area contributed by atoms with Crippen LogP contribution in [0.2, 0.25) is 0 Å². The quantitative estimate of drug-likeness (QED) is 0.397. The Morgan fingerprint density at radius 3 is 1.90 bits per heavy atom. The number of rotatable bonds is 3. The van der Waals surface area contributed by atoms with Crippen molar-refractivity contribution in [1.82, 2.24) is 0 Å². The first-order chi connectivity index (χ1) is 3.63. The summed E-state index contributed by atoms with van der Waals surface area (Å²) in [5.41, 5.74) is 0. The molecule has 56 valence electrons. The summed E-state index contributed by atoms with van der Waals surface area (Å²) in [4.78, 5) is 0. The maximum Gasteiger partial charge on any atom is 1.00 e. The van der Waals surface area contributed by atoms with Gasteiger partial charge in [0.05, 0.1) is 12.6 Å². The van der Waals surface area contributed by atoms with Crippen molar-refractivity contribution in [2.24, 2.45) is 0 Å². The standard InChI is InChI=1S/C4H9BF2O.FH.K/c1-4(2)8-3-5(6)7;;/h4H,3H2,1-2H3;1H;/q;;+1/p-1. The molecule has 0 atom stereocenters. The molecule has 0 amide bonds. The van der Waals surface area contributed by atoms with Crippen LogP contribution in [0.1, 0.15) is 13.8 Å². The van der Waals surface area contributed by atoms with E-state index in [0.29, 0.717) is 0 Å². The van der Waals surface area contributed by atoms with E-state index >= 15 is 0 Å². The minimum atomic E-state index is -2.34. The number of halogens is 3. The first kappa shape index (κ1) is 17.5. The van der Waals surface area contributed by atoms with Crippen LogP contribution in [0.25, 0.3) is 0 Å². The molecule has 0 heterocycles. The fourth-order valence-corrected chi connectivity index (χ4v) is 0.265. The van der Waals surface area contributed by atoms with Gasteiger partial charge >= 0.3 is 58.7 Å². The van der Waals surface area contributed by atoms with Crippen LogP contribution in [0.15, 0.2) is 0 Å². The van der Waals surface area contributed by atoms with Crippen LogP contribution in [0, 0.1) is 0 Å². The summed E-state index contributed by atoms with van der Waals surface area (Å²) in [6.45, 7) is 3.00. The molecule has 0 aliphatic carbocycles. The van der Waals surface area contributed by atoms with Gasteiger partial charge in [-0.2, -0.15) is 0 Å². The fraction of sp³-hybridized carbons (Fsp3) is 1.00. The molecule has 0 unspecified atom stereocenters. The van der Waals surface area contributed by atoms with E-state index in [2.05, 4.69) is 4.74 Å². The van der Waals surface area contributed by atoms with Crippen molar-refractivity contribution in [2.75, 3.05) is 6.51 Å². The van der Waals surface area contributed by atoms with Crippen molar-refractivity contribution in [2.45, 2.75) is 20.0 Å². The van der Waals surface area contributed by atoms with Crippen molar-refractivity contribution < 1.29 is 69.5 Å². The monoisotopic (exact) mass is 180 g/mol. The molecule has 0 aromatic heterocycles. The smallest absolute Gasteiger partial charge is 1.00 e. The van der Waals surface area contributed by atoms with Gasteiger partial charge in [-0.15, -0.1) is 0 Å². The van der Waals surface area contributed by atoms with Gasteiger partial charge in [0.15, 0.2) is 0 Å². The topological polar surface area (TPSA) is 9.23 Å². The van der Waals surface area contributed by atoms with Gasteiger partial charge in [0.25, 0.3) is 0 Å². The molecule has 0 rings (SSSR count). The largest absolute Gasteiger partial charge is 1.00 e. The summed E-state index contributed by atoms with van der Waals surface area (Å²) >= 11 is 0. The summed E-state index contributed by atoms with van der Waals surface area (Å²) in [7, 11) is -2.34. The van der Waals surface area contributed by atoms with Crippen molar-refractivity contribution in [3.8, 4) is 0 Å². The molecule has 1 nitrogen and oxygen atoms in total. The van der Waals surface area contributed by atoms with Gasteiger partial charge in [-0.25, -0.2) is 0 Å². The number of hydrogen-bond acceptors (Lipinski definition) is 1. The van der Waals surface area contributed by atoms with Crippen LogP contribution < -0.4 is 56.1 Å². The van der Waals surface area contributed by atoms with Gasteiger partial charge in [0.2, 0.25) is 0 Å². The molecule has 0 saturated carbocycles. The predicted octanol–water partition coefficient (Wildman–Crippen LogP) is -4.61. The van der Waals surface area contributed by atoms with Crippen LogP contribution in [0.3, 0.4) is 0 Å². The second kappa shape index (κ2) is 10.5. The van der Waals surface area contributed by atoms with Crippen molar-refractivity contribution >= 4 is 7.27 Å². The molecule has 0 fully saturated rings. The molecule has 0 N–H and O–H groups in total. The Morgan fingerprint density at radius 2 is 1.80 bits per heavy atom. The third-order valence-corrected chi connectivity index (χ3v) is 0.556. The Morgan fingerprint density at radius 1 is 1.40 bits per heavy atom. The zero-order valence-corrected chi connectivity index (χ0v) is 9.53. The van der Waals surface area contributed by atoms with E-state index in [9.17, 15) is 8.63 Å². The third kappa shape index (κ3) is 16.2. The molecular weight excluding hydrogens is 171 g/mol. The van der Waals surface area contributed by atoms with Crippen LogP contribution in [-0.4, -0.2) is 19.9 Å². The minimum Gasteiger partial charge on any atom is -1.00 e. The zero-order valence-electron chi connectivity index (χ0n) is 6.40.